The summed E-state index contributed by atoms with van der Waals surface area (Å²) >= 11 is 0. The summed E-state index contributed by atoms with van der Waals surface area (Å²) in [6.45, 7) is 1.85. The summed E-state index contributed by atoms with van der Waals surface area (Å²) in [7, 11) is 0. The van der Waals surface area contributed by atoms with Crippen LogP contribution in [0.3, 0.4) is 0 Å². The highest BCUT2D eigenvalue weighted by Crippen LogP contribution is 2.07. The molecular formula is C10H10N2O. The lowest BCUT2D eigenvalue weighted by Gasteiger charge is -1.97. The van der Waals surface area contributed by atoms with Crippen molar-refractivity contribution >= 4 is 12.0 Å². The van der Waals surface area contributed by atoms with E-state index < -0.39 is 0 Å². The molecule has 1 aromatic heterocycles. The number of aryl methyl sites for hydroxylation is 1. The van der Waals surface area contributed by atoms with Crippen LogP contribution in [0.4, 0.5) is 5.69 Å². The number of nitrogens with zero attached hydrogens (tertiary/aromatic N) is 1. The molecule has 0 radical (unpaired) electrons. The van der Waals surface area contributed by atoms with Crippen LogP contribution in [0, 0.1) is 18.8 Å². The molecule has 0 fully saturated rings. The average Bonchev–Trinajstić information content (AvgIpc) is 2.11. The van der Waals surface area contributed by atoms with Crippen LogP contribution in [0.5, 0.6) is 0 Å². The van der Waals surface area contributed by atoms with Crippen molar-refractivity contribution in [3.8, 4) is 11.8 Å². The Kier molecular flexibility index (Phi) is 3.04. The Hall–Kier alpha value is -1.82. The number of hydrogen-bond acceptors (Lipinski definition) is 3. The summed E-state index contributed by atoms with van der Waals surface area (Å²) in [4.78, 5) is 14.0. The van der Waals surface area contributed by atoms with Gasteiger partial charge in [0.1, 0.15) is 6.29 Å². The molecule has 1 heterocycles. The summed E-state index contributed by atoms with van der Waals surface area (Å²) < 4.78 is 0. The molecule has 0 bridgehead atoms. The second-order valence-corrected chi connectivity index (χ2v) is 2.57. The second kappa shape index (κ2) is 4.27. The Morgan fingerprint density at radius 1 is 1.69 bits per heavy atom. The maximum atomic E-state index is 10.0. The largest absolute Gasteiger partial charge is 0.397 e. The second-order valence-electron chi connectivity index (χ2n) is 2.57. The van der Waals surface area contributed by atoms with Gasteiger partial charge in [-0.15, -0.1) is 0 Å². The van der Waals surface area contributed by atoms with Gasteiger partial charge in [0.25, 0.3) is 0 Å². The average molecular weight is 174 g/mol. The maximum Gasteiger partial charge on any atom is 0.131 e. The van der Waals surface area contributed by atoms with Gasteiger partial charge in [-0.1, -0.05) is 11.8 Å². The Bertz CT molecular complexity index is 374. The first-order chi connectivity index (χ1) is 6.24. The summed E-state index contributed by atoms with van der Waals surface area (Å²) in [6.07, 6.45) is 2.59. The summed E-state index contributed by atoms with van der Waals surface area (Å²) in [5.74, 6) is 5.54. The Labute approximate surface area is 77.0 Å². The molecule has 3 nitrogen and oxygen atoms in total. The number of pyridine rings is 1. The lowest BCUT2D eigenvalue weighted by atomic mass is 10.2. The zero-order valence-corrected chi connectivity index (χ0v) is 7.37. The lowest BCUT2D eigenvalue weighted by molar-refractivity contribution is -0.107. The van der Waals surface area contributed by atoms with Gasteiger partial charge in [0.15, 0.2) is 0 Å². The number of anilines is 1. The Morgan fingerprint density at radius 3 is 3.15 bits per heavy atom. The van der Waals surface area contributed by atoms with Gasteiger partial charge in [0, 0.05) is 5.56 Å². The van der Waals surface area contributed by atoms with E-state index in [-0.39, 0.29) is 6.42 Å². The Balaban J connectivity index is 2.95. The molecule has 3 heteroatoms. The number of carbonyl (C=O) groups is 1. The zero-order chi connectivity index (χ0) is 9.68. The van der Waals surface area contributed by atoms with Gasteiger partial charge in [0.2, 0.25) is 0 Å². The van der Waals surface area contributed by atoms with E-state index in [2.05, 4.69) is 16.8 Å². The molecule has 0 saturated carbocycles. The van der Waals surface area contributed by atoms with E-state index in [1.54, 1.807) is 12.3 Å². The van der Waals surface area contributed by atoms with Crippen molar-refractivity contribution in [3.05, 3.63) is 23.5 Å². The van der Waals surface area contributed by atoms with E-state index in [1.165, 1.54) is 0 Å². The van der Waals surface area contributed by atoms with Crippen molar-refractivity contribution < 1.29 is 4.79 Å². The van der Waals surface area contributed by atoms with Crippen LogP contribution in [0.1, 0.15) is 17.7 Å². The molecule has 0 amide bonds. The van der Waals surface area contributed by atoms with E-state index >= 15 is 0 Å². The predicted octanol–water partition coefficient (Wildman–Crippen LogP) is 0.913. The minimum absolute atomic E-state index is 0.244. The summed E-state index contributed by atoms with van der Waals surface area (Å²) in [5, 5.41) is 0. The van der Waals surface area contributed by atoms with Crippen molar-refractivity contribution in [2.24, 2.45) is 0 Å². The number of carbonyl (C=O) groups excluding carboxylic acids is 1. The van der Waals surface area contributed by atoms with Crippen LogP contribution < -0.4 is 5.73 Å². The smallest absolute Gasteiger partial charge is 0.131 e. The number of hydrogen-bond donors (Lipinski definition) is 1. The van der Waals surface area contributed by atoms with Crippen LogP contribution in [0.2, 0.25) is 0 Å². The molecule has 0 aliphatic rings. The van der Waals surface area contributed by atoms with Gasteiger partial charge in [-0.25, -0.2) is 0 Å². The van der Waals surface area contributed by atoms with E-state index in [0.29, 0.717) is 5.69 Å². The molecule has 1 aromatic rings. The third-order valence-corrected chi connectivity index (χ3v) is 1.52. The van der Waals surface area contributed by atoms with E-state index in [9.17, 15) is 4.79 Å². The highest BCUT2D eigenvalue weighted by atomic mass is 16.1. The highest BCUT2D eigenvalue weighted by molar-refractivity contribution is 5.56. The van der Waals surface area contributed by atoms with Crippen molar-refractivity contribution in [3.63, 3.8) is 0 Å². The fraction of sp³-hybridized carbons (Fsp3) is 0.200. The number of aldehydes is 1. The first kappa shape index (κ1) is 9.27. The Morgan fingerprint density at radius 2 is 2.46 bits per heavy atom. The maximum absolute atomic E-state index is 10.0. The quantitative estimate of drug-likeness (QED) is 0.508. The third-order valence-electron chi connectivity index (χ3n) is 1.52. The molecule has 0 aliphatic carbocycles. The van der Waals surface area contributed by atoms with E-state index in [4.69, 9.17) is 5.73 Å². The molecule has 0 saturated heterocycles. The van der Waals surface area contributed by atoms with E-state index in [1.807, 2.05) is 6.92 Å². The topological polar surface area (TPSA) is 56.0 Å². The first-order valence-corrected chi connectivity index (χ1v) is 3.88. The molecule has 0 spiro atoms. The first-order valence-electron chi connectivity index (χ1n) is 3.88. The van der Waals surface area contributed by atoms with Gasteiger partial charge in [-0.2, -0.15) is 0 Å². The van der Waals surface area contributed by atoms with Crippen molar-refractivity contribution in [1.82, 2.24) is 4.98 Å². The monoisotopic (exact) mass is 174 g/mol. The summed E-state index contributed by atoms with van der Waals surface area (Å²) in [5.41, 5.74) is 7.72. The van der Waals surface area contributed by atoms with Gasteiger partial charge in [0.05, 0.1) is 24.0 Å². The van der Waals surface area contributed by atoms with Crippen LogP contribution in [-0.4, -0.2) is 11.3 Å². The van der Waals surface area contributed by atoms with Crippen molar-refractivity contribution in [1.29, 1.82) is 0 Å². The standard InChI is InChI=1S/C10H10N2O/c1-8-9(4-2-3-5-13)6-10(11)7-12-8/h5-7H,3,11H2,1H3. The lowest BCUT2D eigenvalue weighted by Crippen LogP contribution is -1.92. The number of nitrogens with two attached hydrogens (primary N) is 1. The zero-order valence-electron chi connectivity index (χ0n) is 7.37. The molecule has 0 unspecified atom stereocenters. The van der Waals surface area contributed by atoms with Crippen molar-refractivity contribution in [2.75, 3.05) is 5.73 Å². The molecule has 13 heavy (non-hydrogen) atoms. The SMILES string of the molecule is Cc1ncc(N)cc1C#CCC=O. The van der Waals surface area contributed by atoms with Crippen LogP contribution in [0.25, 0.3) is 0 Å². The molecule has 0 atom stereocenters. The highest BCUT2D eigenvalue weighted by Gasteiger charge is 1.95. The van der Waals surface area contributed by atoms with Crippen LogP contribution in [-0.2, 0) is 4.79 Å². The van der Waals surface area contributed by atoms with Gasteiger partial charge >= 0.3 is 0 Å². The predicted molar refractivity (Wildman–Crippen MR) is 50.9 cm³/mol. The number of nitrogen functional groups attached to an aromatic ring is 1. The molecule has 2 N–H and O–H groups in total. The van der Waals surface area contributed by atoms with Gasteiger partial charge in [-0.3, -0.25) is 4.98 Å². The fourth-order valence-electron chi connectivity index (χ4n) is 0.864. The van der Waals surface area contributed by atoms with Gasteiger partial charge in [-0.05, 0) is 13.0 Å². The minimum Gasteiger partial charge on any atom is -0.397 e. The summed E-state index contributed by atoms with van der Waals surface area (Å²) in [6, 6.07) is 1.75. The molecular weight excluding hydrogens is 164 g/mol. The fourth-order valence-corrected chi connectivity index (χ4v) is 0.864. The van der Waals surface area contributed by atoms with Crippen LogP contribution in [0.15, 0.2) is 12.3 Å². The molecule has 1 rings (SSSR count). The third kappa shape index (κ3) is 2.60. The van der Waals surface area contributed by atoms with Crippen molar-refractivity contribution in [2.45, 2.75) is 13.3 Å². The minimum atomic E-state index is 0.244. The molecule has 0 aromatic carbocycles. The number of aromatic nitrogens is 1. The number of rotatable bonds is 1. The van der Waals surface area contributed by atoms with Crippen LogP contribution >= 0.6 is 0 Å². The normalized spacial score (nSPS) is 8.69. The van der Waals surface area contributed by atoms with Gasteiger partial charge < -0.3 is 10.5 Å². The van der Waals surface area contributed by atoms with E-state index in [0.717, 1.165) is 17.5 Å². The molecule has 0 aliphatic heterocycles. The molecule has 66 valence electrons.